The van der Waals surface area contributed by atoms with Crippen LogP contribution in [-0.4, -0.2) is 54.1 Å². The van der Waals surface area contributed by atoms with E-state index in [4.69, 9.17) is 10.2 Å². The lowest BCUT2D eigenvalue weighted by atomic mass is 10.1. The van der Waals surface area contributed by atoms with Crippen LogP contribution in [0.25, 0.3) is 0 Å². The van der Waals surface area contributed by atoms with E-state index in [1.54, 1.807) is 6.92 Å². The number of esters is 1. The molecule has 0 unspecified atom stereocenters. The first kappa shape index (κ1) is 14.2. The Morgan fingerprint density at radius 2 is 1.88 bits per heavy atom. The van der Waals surface area contributed by atoms with Gasteiger partial charge in [-0.25, -0.2) is 4.79 Å². The van der Waals surface area contributed by atoms with Gasteiger partial charge in [0.05, 0.1) is 12.7 Å². The fourth-order valence-electron chi connectivity index (χ4n) is 1.97. The van der Waals surface area contributed by atoms with Gasteiger partial charge in [-0.2, -0.15) is 0 Å². The van der Waals surface area contributed by atoms with E-state index in [2.05, 4.69) is 9.64 Å². The molecule has 1 heterocycles. The van der Waals surface area contributed by atoms with Crippen LogP contribution < -0.4 is 0 Å². The minimum atomic E-state index is -1.60. The van der Waals surface area contributed by atoms with Crippen LogP contribution in [0.5, 0.6) is 0 Å². The summed E-state index contributed by atoms with van der Waals surface area (Å²) in [6.07, 6.45) is 1.86. The van der Waals surface area contributed by atoms with Gasteiger partial charge in [0.15, 0.2) is 6.29 Å². The van der Waals surface area contributed by atoms with Gasteiger partial charge < -0.3 is 14.9 Å². The molecule has 1 saturated heterocycles. The van der Waals surface area contributed by atoms with Crippen molar-refractivity contribution in [2.75, 3.05) is 26.7 Å². The zero-order valence-electron chi connectivity index (χ0n) is 10.5. The second kappa shape index (κ2) is 6.74. The van der Waals surface area contributed by atoms with Gasteiger partial charge in [-0.3, -0.25) is 4.90 Å². The minimum Gasteiger partial charge on any atom is -0.466 e. The Kier molecular flexibility index (Phi) is 5.61. The van der Waals surface area contributed by atoms with Crippen LogP contribution in [0, 0.1) is 0 Å². The van der Waals surface area contributed by atoms with E-state index < -0.39 is 12.3 Å². The number of aliphatic hydroxyl groups excluding tert-OH is 1. The summed E-state index contributed by atoms with van der Waals surface area (Å²) in [6.45, 7) is 3.85. The summed E-state index contributed by atoms with van der Waals surface area (Å²) in [6, 6.07) is 0. The Bertz CT molecular complexity index is 293. The zero-order chi connectivity index (χ0) is 12.8. The van der Waals surface area contributed by atoms with Gasteiger partial charge >= 0.3 is 5.97 Å². The zero-order valence-corrected chi connectivity index (χ0v) is 10.5. The lowest BCUT2D eigenvalue weighted by Gasteiger charge is -2.27. The molecule has 1 fully saturated rings. The van der Waals surface area contributed by atoms with Gasteiger partial charge in [0, 0.05) is 6.54 Å². The summed E-state index contributed by atoms with van der Waals surface area (Å²) in [7, 11) is 1.30. The lowest BCUT2D eigenvalue weighted by Crippen LogP contribution is -2.34. The maximum Gasteiger partial charge on any atom is 0.335 e. The Balaban J connectivity index is 2.76. The molecule has 17 heavy (non-hydrogen) atoms. The largest absolute Gasteiger partial charge is 0.466 e. The summed E-state index contributed by atoms with van der Waals surface area (Å²) in [5, 5.41) is 18.3. The number of hydrogen-bond donors (Lipinski definition) is 2. The Labute approximate surface area is 102 Å². The van der Waals surface area contributed by atoms with Gasteiger partial charge in [-0.1, -0.05) is 6.42 Å². The van der Waals surface area contributed by atoms with Gasteiger partial charge in [0.2, 0.25) is 0 Å². The molecule has 0 amide bonds. The first-order valence-electron chi connectivity index (χ1n) is 5.92. The van der Waals surface area contributed by atoms with Gasteiger partial charge in [0.25, 0.3) is 0 Å². The van der Waals surface area contributed by atoms with Crippen molar-refractivity contribution in [2.24, 2.45) is 0 Å². The topological polar surface area (TPSA) is 70.0 Å². The molecule has 0 aromatic carbocycles. The summed E-state index contributed by atoms with van der Waals surface area (Å²) in [5.74, 6) is -0.485. The maximum atomic E-state index is 11.6. The highest BCUT2D eigenvalue weighted by molar-refractivity contribution is 5.89. The lowest BCUT2D eigenvalue weighted by molar-refractivity contribution is -0.136. The van der Waals surface area contributed by atoms with Crippen molar-refractivity contribution in [3.05, 3.63) is 11.1 Å². The van der Waals surface area contributed by atoms with E-state index in [-0.39, 0.29) is 5.57 Å². The van der Waals surface area contributed by atoms with Crippen LogP contribution in [0.3, 0.4) is 0 Å². The molecule has 2 N–H and O–H groups in total. The van der Waals surface area contributed by atoms with Crippen LogP contribution in [0.1, 0.15) is 26.2 Å². The molecule has 0 saturated carbocycles. The third-order valence-electron chi connectivity index (χ3n) is 3.13. The van der Waals surface area contributed by atoms with E-state index in [0.717, 1.165) is 25.9 Å². The standard InChI is InChI=1S/C12H21NO4/c1-9(11(14)15)10(12(16)17-2)8-13-6-4-3-5-7-13/h11,14-15H,3-8H2,1-2H3/b10-9-. The average Bonchev–Trinajstić information content (AvgIpc) is 2.35. The fourth-order valence-corrected chi connectivity index (χ4v) is 1.97. The molecule has 1 rings (SSSR count). The van der Waals surface area contributed by atoms with Gasteiger partial charge in [-0.05, 0) is 38.4 Å². The highest BCUT2D eigenvalue weighted by Crippen LogP contribution is 2.15. The number of ether oxygens (including phenoxy) is 1. The number of methoxy groups -OCH3 is 1. The number of piperidine rings is 1. The molecular weight excluding hydrogens is 222 g/mol. The minimum absolute atomic E-state index is 0.266. The van der Waals surface area contributed by atoms with Crippen molar-refractivity contribution in [1.82, 2.24) is 4.90 Å². The van der Waals surface area contributed by atoms with Crippen molar-refractivity contribution in [2.45, 2.75) is 32.5 Å². The van der Waals surface area contributed by atoms with Crippen LogP contribution in [0.2, 0.25) is 0 Å². The van der Waals surface area contributed by atoms with E-state index in [1.807, 2.05) is 0 Å². The number of rotatable bonds is 4. The summed E-state index contributed by atoms with van der Waals surface area (Å²) in [5.41, 5.74) is 0.617. The van der Waals surface area contributed by atoms with E-state index in [1.165, 1.54) is 13.5 Å². The van der Waals surface area contributed by atoms with E-state index >= 15 is 0 Å². The summed E-state index contributed by atoms with van der Waals surface area (Å²) < 4.78 is 4.68. The first-order chi connectivity index (χ1) is 8.06. The highest BCUT2D eigenvalue weighted by Gasteiger charge is 2.21. The third kappa shape index (κ3) is 4.11. The normalized spacial score (nSPS) is 19.1. The number of carbonyl (C=O) groups is 1. The van der Waals surface area contributed by atoms with Gasteiger partial charge in [0.1, 0.15) is 0 Å². The molecular formula is C12H21NO4. The van der Waals surface area contributed by atoms with Crippen molar-refractivity contribution < 1.29 is 19.7 Å². The molecule has 0 radical (unpaired) electrons. The molecule has 5 heteroatoms. The van der Waals surface area contributed by atoms with Crippen LogP contribution in [-0.2, 0) is 9.53 Å². The second-order valence-corrected chi connectivity index (χ2v) is 4.36. The molecule has 0 aromatic rings. The van der Waals surface area contributed by atoms with E-state index in [9.17, 15) is 4.79 Å². The van der Waals surface area contributed by atoms with Crippen molar-refractivity contribution in [3.8, 4) is 0 Å². The predicted octanol–water partition coefficient (Wildman–Crippen LogP) is 0.272. The second-order valence-electron chi connectivity index (χ2n) is 4.36. The molecule has 0 bridgehead atoms. The molecule has 5 nitrogen and oxygen atoms in total. The van der Waals surface area contributed by atoms with Crippen molar-refractivity contribution in [3.63, 3.8) is 0 Å². The van der Waals surface area contributed by atoms with Crippen molar-refractivity contribution >= 4 is 5.97 Å². The Morgan fingerprint density at radius 1 is 1.29 bits per heavy atom. The van der Waals surface area contributed by atoms with Crippen LogP contribution in [0.15, 0.2) is 11.1 Å². The highest BCUT2D eigenvalue weighted by atomic mass is 16.5. The quantitative estimate of drug-likeness (QED) is 0.421. The number of likely N-dealkylation sites (tertiary alicyclic amines) is 1. The number of aliphatic hydroxyl groups is 2. The summed E-state index contributed by atoms with van der Waals surface area (Å²) >= 11 is 0. The smallest absolute Gasteiger partial charge is 0.335 e. The molecule has 1 aliphatic rings. The maximum absolute atomic E-state index is 11.6. The molecule has 0 aliphatic carbocycles. The Morgan fingerprint density at radius 3 is 2.35 bits per heavy atom. The fraction of sp³-hybridized carbons (Fsp3) is 0.750. The predicted molar refractivity (Wildman–Crippen MR) is 63.2 cm³/mol. The number of hydrogen-bond acceptors (Lipinski definition) is 5. The summed E-state index contributed by atoms with van der Waals surface area (Å²) in [4.78, 5) is 13.7. The monoisotopic (exact) mass is 243 g/mol. The molecule has 0 atom stereocenters. The third-order valence-corrected chi connectivity index (χ3v) is 3.13. The molecule has 0 aromatic heterocycles. The molecule has 0 spiro atoms. The molecule has 1 aliphatic heterocycles. The first-order valence-corrected chi connectivity index (χ1v) is 5.92. The SMILES string of the molecule is COC(=O)/C(CN1CCCCC1)=C(/C)C(O)O. The van der Waals surface area contributed by atoms with Crippen molar-refractivity contribution in [1.29, 1.82) is 0 Å². The van der Waals surface area contributed by atoms with Crippen LogP contribution >= 0.6 is 0 Å². The van der Waals surface area contributed by atoms with Crippen LogP contribution in [0.4, 0.5) is 0 Å². The average molecular weight is 243 g/mol. The Hall–Kier alpha value is -0.910. The number of carbonyl (C=O) groups excluding carboxylic acids is 1. The van der Waals surface area contributed by atoms with E-state index in [0.29, 0.717) is 12.1 Å². The number of nitrogens with zero attached hydrogens (tertiary/aromatic N) is 1. The van der Waals surface area contributed by atoms with Gasteiger partial charge in [-0.15, -0.1) is 0 Å². The molecule has 98 valence electrons.